The molecule has 162 valence electrons. The van der Waals surface area contributed by atoms with Crippen molar-refractivity contribution >= 4 is 21.7 Å². The van der Waals surface area contributed by atoms with Crippen molar-refractivity contribution in [1.82, 2.24) is 5.32 Å². The van der Waals surface area contributed by atoms with Crippen molar-refractivity contribution in [3.05, 3.63) is 54.1 Å². The Balaban J connectivity index is 2.07. The highest BCUT2D eigenvalue weighted by molar-refractivity contribution is 7.91. The molecule has 0 saturated carbocycles. The second-order valence-corrected chi connectivity index (χ2v) is 8.30. The van der Waals surface area contributed by atoms with Crippen LogP contribution >= 0.6 is 0 Å². The fourth-order valence-corrected chi connectivity index (χ4v) is 3.69. The molecule has 1 N–H and O–H groups in total. The number of sulfone groups is 1. The maximum Gasteiger partial charge on any atom is 0.471 e. The second-order valence-electron chi connectivity index (χ2n) is 6.35. The lowest BCUT2D eigenvalue weighted by Crippen LogP contribution is -2.42. The third-order valence-corrected chi connectivity index (χ3v) is 5.59. The summed E-state index contributed by atoms with van der Waals surface area (Å²) in [6.45, 7) is 2.56. The lowest BCUT2D eigenvalue weighted by Gasteiger charge is -2.15. The molecule has 2 aromatic rings. The molecule has 0 spiro atoms. The first-order valence-corrected chi connectivity index (χ1v) is 10.0. The Labute approximate surface area is 170 Å². The summed E-state index contributed by atoms with van der Waals surface area (Å²) >= 11 is 0. The van der Waals surface area contributed by atoms with Crippen LogP contribution in [0, 0.1) is 0 Å². The van der Waals surface area contributed by atoms with Gasteiger partial charge in [-0.05, 0) is 55.3 Å². The maximum absolute atomic E-state index is 12.7. The van der Waals surface area contributed by atoms with Crippen LogP contribution in [0.5, 0.6) is 5.75 Å². The molecule has 0 aliphatic carbocycles. The lowest BCUT2D eigenvalue weighted by atomic mass is 10.1. The molecule has 0 saturated heterocycles. The van der Waals surface area contributed by atoms with E-state index in [1.165, 1.54) is 55.5 Å². The van der Waals surface area contributed by atoms with Gasteiger partial charge in [0.05, 0.1) is 9.79 Å². The molecule has 11 heteroatoms. The van der Waals surface area contributed by atoms with Crippen LogP contribution in [0.3, 0.4) is 0 Å². The SMILES string of the molecule is CC(=O)OOc1ccc(S(=O)(=O)c2ccc(C[C@@H](C)NC(=O)C(F)(F)F)cc2)cc1. The summed E-state index contributed by atoms with van der Waals surface area (Å²) in [5.74, 6) is -2.57. The zero-order valence-electron chi connectivity index (χ0n) is 15.9. The van der Waals surface area contributed by atoms with Crippen LogP contribution in [-0.2, 0) is 30.7 Å². The van der Waals surface area contributed by atoms with Gasteiger partial charge in [-0.15, -0.1) is 0 Å². The van der Waals surface area contributed by atoms with E-state index < -0.39 is 33.9 Å². The summed E-state index contributed by atoms with van der Waals surface area (Å²) in [6, 6.07) is 9.95. The quantitative estimate of drug-likeness (QED) is 0.520. The Hall–Kier alpha value is -3.08. The van der Waals surface area contributed by atoms with E-state index in [4.69, 9.17) is 4.89 Å². The zero-order valence-corrected chi connectivity index (χ0v) is 16.7. The standard InChI is InChI=1S/C19H18F3NO6S/c1-12(23-18(25)19(20,21)22)11-14-3-7-16(8-4-14)30(26,27)17-9-5-15(6-10-17)29-28-13(2)24/h3-10,12H,11H2,1-2H3,(H,23,25)/t12-/m1/s1. The van der Waals surface area contributed by atoms with E-state index in [-0.39, 0.29) is 22.0 Å². The number of rotatable bonds is 7. The van der Waals surface area contributed by atoms with Gasteiger partial charge in [0.1, 0.15) is 0 Å². The van der Waals surface area contributed by atoms with Gasteiger partial charge in [0, 0.05) is 13.0 Å². The van der Waals surface area contributed by atoms with E-state index in [0.29, 0.717) is 5.56 Å². The highest BCUT2D eigenvalue weighted by Gasteiger charge is 2.39. The monoisotopic (exact) mass is 445 g/mol. The first kappa shape index (κ1) is 23.2. The normalized spacial score (nSPS) is 12.7. The molecule has 1 atom stereocenters. The van der Waals surface area contributed by atoms with Crippen molar-refractivity contribution in [2.45, 2.75) is 42.3 Å². The molecule has 0 heterocycles. The fraction of sp³-hybridized carbons (Fsp3) is 0.263. The number of carbonyl (C=O) groups is 2. The van der Waals surface area contributed by atoms with Gasteiger partial charge in [-0.25, -0.2) is 13.2 Å². The van der Waals surface area contributed by atoms with Crippen LogP contribution < -0.4 is 10.2 Å². The molecule has 0 fully saturated rings. The number of benzene rings is 2. The predicted molar refractivity (Wildman–Crippen MR) is 98.1 cm³/mol. The van der Waals surface area contributed by atoms with E-state index >= 15 is 0 Å². The van der Waals surface area contributed by atoms with Crippen molar-refractivity contribution in [1.29, 1.82) is 0 Å². The average Bonchev–Trinajstić information content (AvgIpc) is 2.66. The Kier molecular flexibility index (Phi) is 7.08. The molecule has 2 aromatic carbocycles. The molecule has 0 aliphatic rings. The van der Waals surface area contributed by atoms with Crippen molar-refractivity contribution < 1.29 is 41.0 Å². The minimum Gasteiger partial charge on any atom is -0.345 e. The van der Waals surface area contributed by atoms with E-state index in [9.17, 15) is 31.2 Å². The summed E-state index contributed by atoms with van der Waals surface area (Å²) in [4.78, 5) is 30.7. The van der Waals surface area contributed by atoms with Crippen molar-refractivity contribution in [2.24, 2.45) is 0 Å². The number of halogens is 3. The van der Waals surface area contributed by atoms with Gasteiger partial charge in [-0.2, -0.15) is 13.2 Å². The zero-order chi connectivity index (χ0) is 22.5. The molecule has 30 heavy (non-hydrogen) atoms. The first-order chi connectivity index (χ1) is 13.9. The predicted octanol–water partition coefficient (Wildman–Crippen LogP) is 2.99. The van der Waals surface area contributed by atoms with Gasteiger partial charge in [0.2, 0.25) is 9.84 Å². The highest BCUT2D eigenvalue weighted by Crippen LogP contribution is 2.24. The third-order valence-electron chi connectivity index (χ3n) is 3.80. The van der Waals surface area contributed by atoms with E-state index in [0.717, 1.165) is 6.92 Å². The molecule has 1 amide bonds. The molecular formula is C19H18F3NO6S. The highest BCUT2D eigenvalue weighted by atomic mass is 32.2. The van der Waals surface area contributed by atoms with Crippen molar-refractivity contribution in [3.63, 3.8) is 0 Å². The smallest absolute Gasteiger partial charge is 0.345 e. The topological polar surface area (TPSA) is 98.8 Å². The summed E-state index contributed by atoms with van der Waals surface area (Å²) in [7, 11) is -3.85. The summed E-state index contributed by atoms with van der Waals surface area (Å²) in [6.07, 6.45) is -4.88. The van der Waals surface area contributed by atoms with Gasteiger partial charge in [0.25, 0.3) is 0 Å². The van der Waals surface area contributed by atoms with Crippen LogP contribution in [0.2, 0.25) is 0 Å². The minimum atomic E-state index is -4.97. The largest absolute Gasteiger partial charge is 0.471 e. The van der Waals surface area contributed by atoms with Crippen molar-refractivity contribution in [2.75, 3.05) is 0 Å². The van der Waals surface area contributed by atoms with Crippen LogP contribution in [0.25, 0.3) is 0 Å². The molecule has 2 rings (SSSR count). The summed E-state index contributed by atoms with van der Waals surface area (Å²) in [5.41, 5.74) is 0.550. The van der Waals surface area contributed by atoms with Crippen LogP contribution in [-0.4, -0.2) is 32.5 Å². The van der Waals surface area contributed by atoms with Gasteiger partial charge in [0.15, 0.2) is 5.75 Å². The maximum atomic E-state index is 12.7. The van der Waals surface area contributed by atoms with Gasteiger partial charge in [-0.3, -0.25) is 14.6 Å². The first-order valence-electron chi connectivity index (χ1n) is 8.56. The molecule has 0 aliphatic heterocycles. The molecule has 0 unspecified atom stereocenters. The van der Waals surface area contributed by atoms with Crippen molar-refractivity contribution in [3.8, 4) is 5.75 Å². The summed E-state index contributed by atoms with van der Waals surface area (Å²) < 4.78 is 62.3. The van der Waals surface area contributed by atoms with Crippen LogP contribution in [0.1, 0.15) is 19.4 Å². The third kappa shape index (κ3) is 6.21. The number of carbonyl (C=O) groups excluding carboxylic acids is 2. The molecule has 0 aromatic heterocycles. The molecule has 0 radical (unpaired) electrons. The van der Waals surface area contributed by atoms with Crippen LogP contribution in [0.15, 0.2) is 58.3 Å². The minimum absolute atomic E-state index is 0.0214. The number of alkyl halides is 3. The summed E-state index contributed by atoms with van der Waals surface area (Å²) in [5, 5.41) is 1.84. The Morgan fingerprint density at radius 2 is 1.50 bits per heavy atom. The van der Waals surface area contributed by atoms with E-state index in [1.54, 1.807) is 0 Å². The molecular weight excluding hydrogens is 427 g/mol. The van der Waals surface area contributed by atoms with Gasteiger partial charge < -0.3 is 5.32 Å². The Morgan fingerprint density at radius 1 is 1.00 bits per heavy atom. The number of hydrogen-bond donors (Lipinski definition) is 1. The van der Waals surface area contributed by atoms with Gasteiger partial charge in [-0.1, -0.05) is 12.1 Å². The Morgan fingerprint density at radius 3 is 1.97 bits per heavy atom. The second kappa shape index (κ2) is 9.16. The van der Waals surface area contributed by atoms with E-state index in [2.05, 4.69) is 4.89 Å². The number of hydrogen-bond acceptors (Lipinski definition) is 6. The number of amides is 1. The average molecular weight is 445 g/mol. The van der Waals surface area contributed by atoms with Gasteiger partial charge >= 0.3 is 18.1 Å². The van der Waals surface area contributed by atoms with Crippen LogP contribution in [0.4, 0.5) is 13.2 Å². The van der Waals surface area contributed by atoms with E-state index in [1.807, 2.05) is 5.32 Å². The molecule has 7 nitrogen and oxygen atoms in total. The fourth-order valence-electron chi connectivity index (χ4n) is 2.43. The number of nitrogens with one attached hydrogen (secondary N) is 1. The lowest BCUT2D eigenvalue weighted by molar-refractivity contribution is -0.210. The molecule has 0 bridgehead atoms. The Bertz CT molecular complexity index is 1000.